The lowest BCUT2D eigenvalue weighted by atomic mass is 10.1. The van der Waals surface area contributed by atoms with E-state index in [1.165, 1.54) is 25.9 Å². The van der Waals surface area contributed by atoms with Crippen LogP contribution in [0.25, 0.3) is 16.0 Å². The smallest absolute Gasteiger partial charge is 0.324 e. The van der Waals surface area contributed by atoms with E-state index in [1.807, 2.05) is 31.2 Å². The number of benzene rings is 1. The number of aryl methyl sites for hydroxylation is 2. The average molecular weight is 454 g/mol. The van der Waals surface area contributed by atoms with E-state index in [9.17, 15) is 14.4 Å². The Morgan fingerprint density at radius 3 is 2.53 bits per heavy atom. The number of nitrogens with zero attached hydrogens (tertiary/aromatic N) is 4. The highest BCUT2D eigenvalue weighted by Crippen LogP contribution is 2.17. The second-order valence-electron chi connectivity index (χ2n) is 7.87. The largest absolute Gasteiger partial charge is 0.352 e. The molecule has 0 fully saturated rings. The molecule has 32 heavy (non-hydrogen) atoms. The monoisotopic (exact) mass is 453 g/mol. The maximum Gasteiger partial charge on any atom is 0.352 e. The minimum Gasteiger partial charge on any atom is -0.324 e. The van der Waals surface area contributed by atoms with Crippen molar-refractivity contribution in [3.63, 3.8) is 0 Å². The molecule has 1 aromatic carbocycles. The van der Waals surface area contributed by atoms with Gasteiger partial charge in [0.05, 0.1) is 5.52 Å². The van der Waals surface area contributed by atoms with Crippen molar-refractivity contribution >= 4 is 38.9 Å². The van der Waals surface area contributed by atoms with Gasteiger partial charge in [0.25, 0.3) is 5.56 Å². The molecule has 0 spiro atoms. The first-order valence-corrected chi connectivity index (χ1v) is 11.9. The van der Waals surface area contributed by atoms with Gasteiger partial charge in [0.15, 0.2) is 0 Å². The number of hydrogen-bond donors (Lipinski definition) is 1. The fraction of sp³-hybridized carbons (Fsp3) is 0.391. The minimum absolute atomic E-state index is 0.152. The van der Waals surface area contributed by atoms with Gasteiger partial charge in [-0.15, -0.1) is 16.4 Å². The predicted octanol–water partition coefficient (Wildman–Crippen LogP) is 3.65. The van der Waals surface area contributed by atoms with Gasteiger partial charge < -0.3 is 5.32 Å². The van der Waals surface area contributed by atoms with Crippen LogP contribution in [-0.2, 0) is 24.3 Å². The van der Waals surface area contributed by atoms with Crippen molar-refractivity contribution < 1.29 is 4.79 Å². The van der Waals surface area contributed by atoms with Gasteiger partial charge in [0, 0.05) is 12.2 Å². The molecule has 3 heterocycles. The van der Waals surface area contributed by atoms with Crippen molar-refractivity contribution in [1.29, 1.82) is 0 Å². The summed E-state index contributed by atoms with van der Waals surface area (Å²) in [5.74, 6) is -0.0757. The highest BCUT2D eigenvalue weighted by molar-refractivity contribution is 7.17. The third-order valence-corrected chi connectivity index (χ3v) is 6.37. The van der Waals surface area contributed by atoms with Crippen molar-refractivity contribution in [3.8, 4) is 0 Å². The molecule has 1 N–H and O–H groups in total. The number of rotatable bonds is 9. The number of amides is 1. The summed E-state index contributed by atoms with van der Waals surface area (Å²) in [5, 5.41) is 8.97. The molecule has 0 aliphatic rings. The number of hydrogen-bond acceptors (Lipinski definition) is 5. The standard InChI is InChI=1S/C23H27N5O3S/c1-3-5-7-16-8-10-17(11-9-16)24-19(29)15-27-23(31)28-18-12-14-32-20(18)21(30)26(13-6-4-2)22(28)25-27/h8-12,14H,3-7,13,15H2,1-2H3,(H,24,29). The third-order valence-electron chi connectivity index (χ3n) is 5.47. The molecule has 168 valence electrons. The predicted molar refractivity (Wildman–Crippen MR) is 128 cm³/mol. The minimum atomic E-state index is -0.432. The fourth-order valence-electron chi connectivity index (χ4n) is 3.73. The first-order valence-electron chi connectivity index (χ1n) is 11.0. The maximum absolute atomic E-state index is 13.1. The van der Waals surface area contributed by atoms with E-state index in [0.29, 0.717) is 22.4 Å². The molecule has 0 radical (unpaired) electrons. The Morgan fingerprint density at radius 2 is 1.81 bits per heavy atom. The van der Waals surface area contributed by atoms with Gasteiger partial charge in [-0.3, -0.25) is 14.2 Å². The summed E-state index contributed by atoms with van der Waals surface area (Å²) in [6, 6.07) is 9.48. The molecule has 3 aromatic heterocycles. The van der Waals surface area contributed by atoms with Crippen LogP contribution in [0.15, 0.2) is 45.3 Å². The number of nitrogens with one attached hydrogen (secondary N) is 1. The molecule has 0 unspecified atom stereocenters. The van der Waals surface area contributed by atoms with E-state index in [2.05, 4.69) is 17.3 Å². The van der Waals surface area contributed by atoms with Gasteiger partial charge >= 0.3 is 5.69 Å². The van der Waals surface area contributed by atoms with E-state index in [4.69, 9.17) is 0 Å². The summed E-state index contributed by atoms with van der Waals surface area (Å²) < 4.78 is 4.60. The summed E-state index contributed by atoms with van der Waals surface area (Å²) in [5.41, 5.74) is 1.85. The van der Waals surface area contributed by atoms with E-state index >= 15 is 0 Å². The molecule has 4 aromatic rings. The Balaban J connectivity index is 1.62. The average Bonchev–Trinajstić information content (AvgIpc) is 3.38. The van der Waals surface area contributed by atoms with Crippen LogP contribution in [-0.4, -0.2) is 24.7 Å². The van der Waals surface area contributed by atoms with Crippen molar-refractivity contribution in [2.24, 2.45) is 0 Å². The summed E-state index contributed by atoms with van der Waals surface area (Å²) in [6.45, 7) is 4.44. The second kappa shape index (κ2) is 9.52. The Kier molecular flexibility index (Phi) is 6.55. The number of unbranched alkanes of at least 4 members (excludes halogenated alkanes) is 2. The normalized spacial score (nSPS) is 11.4. The molecule has 0 saturated heterocycles. The van der Waals surface area contributed by atoms with Crippen molar-refractivity contribution in [1.82, 2.24) is 18.7 Å². The number of anilines is 1. The zero-order valence-electron chi connectivity index (χ0n) is 18.3. The molecule has 9 heteroatoms. The van der Waals surface area contributed by atoms with E-state index in [-0.39, 0.29) is 23.8 Å². The highest BCUT2D eigenvalue weighted by Gasteiger charge is 2.19. The van der Waals surface area contributed by atoms with Crippen LogP contribution in [0.1, 0.15) is 45.1 Å². The van der Waals surface area contributed by atoms with Crippen LogP contribution in [0, 0.1) is 0 Å². The van der Waals surface area contributed by atoms with Crippen LogP contribution in [0.5, 0.6) is 0 Å². The second-order valence-corrected chi connectivity index (χ2v) is 8.79. The topological polar surface area (TPSA) is 90.4 Å². The molecule has 0 aliphatic heterocycles. The van der Waals surface area contributed by atoms with Crippen LogP contribution < -0.4 is 16.6 Å². The Hall–Kier alpha value is -3.20. The van der Waals surface area contributed by atoms with Gasteiger partial charge in [-0.05, 0) is 48.4 Å². The molecular formula is C23H27N5O3S. The molecule has 8 nitrogen and oxygen atoms in total. The van der Waals surface area contributed by atoms with Crippen LogP contribution in [0.4, 0.5) is 5.69 Å². The third kappa shape index (κ3) is 4.25. The summed E-state index contributed by atoms with van der Waals surface area (Å²) in [4.78, 5) is 38.6. The molecule has 0 atom stereocenters. The lowest BCUT2D eigenvalue weighted by Gasteiger charge is -2.06. The summed E-state index contributed by atoms with van der Waals surface area (Å²) >= 11 is 1.31. The number of fused-ring (bicyclic) bond motifs is 3. The number of carbonyl (C=O) groups excluding carboxylic acids is 1. The van der Waals surface area contributed by atoms with Crippen LogP contribution in [0.3, 0.4) is 0 Å². The van der Waals surface area contributed by atoms with Crippen molar-refractivity contribution in [3.05, 3.63) is 62.1 Å². The molecule has 0 saturated carbocycles. The molecule has 4 rings (SSSR count). The number of carbonyl (C=O) groups is 1. The molecule has 0 bridgehead atoms. The van der Waals surface area contributed by atoms with E-state index in [0.717, 1.165) is 36.8 Å². The van der Waals surface area contributed by atoms with Gasteiger partial charge in [-0.25, -0.2) is 13.9 Å². The zero-order chi connectivity index (χ0) is 22.7. The zero-order valence-corrected chi connectivity index (χ0v) is 19.2. The quantitative estimate of drug-likeness (QED) is 0.419. The Labute approximate surface area is 189 Å². The van der Waals surface area contributed by atoms with E-state index < -0.39 is 5.69 Å². The molecule has 0 aliphatic carbocycles. The number of thiophene rings is 1. The summed E-state index contributed by atoms with van der Waals surface area (Å²) in [6.07, 6.45) is 4.98. The first kappa shape index (κ1) is 22.0. The van der Waals surface area contributed by atoms with Crippen LogP contribution in [0.2, 0.25) is 0 Å². The number of aromatic nitrogens is 4. The summed E-state index contributed by atoms with van der Waals surface area (Å²) in [7, 11) is 0. The highest BCUT2D eigenvalue weighted by atomic mass is 32.1. The van der Waals surface area contributed by atoms with Gasteiger partial charge in [0.1, 0.15) is 11.2 Å². The maximum atomic E-state index is 13.1. The SMILES string of the molecule is CCCCc1ccc(NC(=O)Cn2nc3n(CCCC)c(=O)c4sccc4n3c2=O)cc1. The molecular weight excluding hydrogens is 426 g/mol. The lowest BCUT2D eigenvalue weighted by molar-refractivity contribution is -0.117. The first-order chi connectivity index (χ1) is 15.5. The van der Waals surface area contributed by atoms with Crippen LogP contribution >= 0.6 is 11.3 Å². The molecule has 1 amide bonds. The fourth-order valence-corrected chi connectivity index (χ4v) is 4.55. The Morgan fingerprint density at radius 1 is 1.06 bits per heavy atom. The van der Waals surface area contributed by atoms with Gasteiger partial charge in [0.2, 0.25) is 11.7 Å². The van der Waals surface area contributed by atoms with Crippen molar-refractivity contribution in [2.75, 3.05) is 5.32 Å². The van der Waals surface area contributed by atoms with Gasteiger partial charge in [-0.2, -0.15) is 0 Å². The lowest BCUT2D eigenvalue weighted by Crippen LogP contribution is -2.29. The Bertz CT molecular complexity index is 1360. The van der Waals surface area contributed by atoms with Gasteiger partial charge in [-0.1, -0.05) is 38.8 Å². The van der Waals surface area contributed by atoms with E-state index in [1.54, 1.807) is 11.4 Å². The van der Waals surface area contributed by atoms with Crippen molar-refractivity contribution in [2.45, 2.75) is 59.0 Å².